The lowest BCUT2D eigenvalue weighted by molar-refractivity contribution is -0.139. The second-order valence-corrected chi connectivity index (χ2v) is 12.1. The average Bonchev–Trinajstić information content (AvgIpc) is 3.35. The normalized spacial score (nSPS) is 15.0. The summed E-state index contributed by atoms with van der Waals surface area (Å²) in [6.07, 6.45) is 3.79. The summed E-state index contributed by atoms with van der Waals surface area (Å²) in [5.74, 6) is -1.52. The molecule has 0 unspecified atom stereocenters. The SMILES string of the molecule is C[C@H](C(=O)NC1CCCC1)N(Cc1ccc(Cl)cc1Cl)C(=O)CN(c1ccc(F)cc1)S(=O)(=O)N(C)C. The first-order valence-electron chi connectivity index (χ1n) is 11.9. The van der Waals surface area contributed by atoms with E-state index in [1.807, 2.05) is 0 Å². The fourth-order valence-corrected chi connectivity index (χ4v) is 5.66. The number of hydrogen-bond donors (Lipinski definition) is 1. The van der Waals surface area contributed by atoms with E-state index in [0.717, 1.165) is 46.4 Å². The van der Waals surface area contributed by atoms with E-state index in [-0.39, 0.29) is 24.2 Å². The minimum absolute atomic E-state index is 0.0378. The van der Waals surface area contributed by atoms with Crippen LogP contribution in [0.5, 0.6) is 0 Å². The van der Waals surface area contributed by atoms with Gasteiger partial charge in [-0.05, 0) is 61.7 Å². The highest BCUT2D eigenvalue weighted by Gasteiger charge is 2.33. The maximum absolute atomic E-state index is 13.7. The molecule has 0 aromatic heterocycles. The van der Waals surface area contributed by atoms with Crippen molar-refractivity contribution < 1.29 is 22.4 Å². The summed E-state index contributed by atoms with van der Waals surface area (Å²) >= 11 is 12.4. The Balaban J connectivity index is 1.94. The van der Waals surface area contributed by atoms with Crippen LogP contribution in [0.25, 0.3) is 0 Å². The van der Waals surface area contributed by atoms with Crippen LogP contribution in [-0.4, -0.2) is 62.2 Å². The Bertz CT molecular complexity index is 1220. The molecule has 2 aromatic carbocycles. The van der Waals surface area contributed by atoms with Crippen molar-refractivity contribution in [3.05, 3.63) is 63.9 Å². The van der Waals surface area contributed by atoms with Crippen molar-refractivity contribution in [1.29, 1.82) is 0 Å². The lowest BCUT2D eigenvalue weighted by Crippen LogP contribution is -2.53. The molecule has 0 saturated heterocycles. The van der Waals surface area contributed by atoms with Gasteiger partial charge in [-0.3, -0.25) is 9.59 Å². The van der Waals surface area contributed by atoms with Gasteiger partial charge in [0.25, 0.3) is 0 Å². The van der Waals surface area contributed by atoms with E-state index in [9.17, 15) is 22.4 Å². The number of carbonyl (C=O) groups is 2. The highest BCUT2D eigenvalue weighted by molar-refractivity contribution is 7.90. The van der Waals surface area contributed by atoms with Crippen molar-refractivity contribution in [3.8, 4) is 0 Å². The third kappa shape index (κ3) is 7.34. The molecule has 8 nitrogen and oxygen atoms in total. The number of anilines is 1. The van der Waals surface area contributed by atoms with Crippen molar-refractivity contribution in [2.75, 3.05) is 24.9 Å². The van der Waals surface area contributed by atoms with Crippen LogP contribution >= 0.6 is 23.2 Å². The van der Waals surface area contributed by atoms with E-state index < -0.39 is 34.5 Å². The largest absolute Gasteiger partial charge is 0.352 e. The fraction of sp³-hybridized carbons (Fsp3) is 0.440. The van der Waals surface area contributed by atoms with Crippen LogP contribution in [0.4, 0.5) is 10.1 Å². The van der Waals surface area contributed by atoms with E-state index in [4.69, 9.17) is 23.2 Å². The second kappa shape index (κ2) is 12.4. The van der Waals surface area contributed by atoms with E-state index in [1.54, 1.807) is 19.1 Å². The molecule has 0 bridgehead atoms. The smallest absolute Gasteiger partial charge is 0.304 e. The maximum Gasteiger partial charge on any atom is 0.304 e. The van der Waals surface area contributed by atoms with Gasteiger partial charge in [0.2, 0.25) is 11.8 Å². The number of benzene rings is 2. The van der Waals surface area contributed by atoms with Crippen molar-refractivity contribution in [1.82, 2.24) is 14.5 Å². The van der Waals surface area contributed by atoms with Crippen LogP contribution < -0.4 is 9.62 Å². The molecule has 0 aliphatic heterocycles. The highest BCUT2D eigenvalue weighted by Crippen LogP contribution is 2.25. The third-order valence-corrected chi connectivity index (χ3v) is 8.76. The number of nitrogens with zero attached hydrogens (tertiary/aromatic N) is 3. The average molecular weight is 574 g/mol. The molecule has 0 heterocycles. The van der Waals surface area contributed by atoms with Gasteiger partial charge in [0.05, 0.1) is 5.69 Å². The van der Waals surface area contributed by atoms with Crippen LogP contribution in [0.15, 0.2) is 42.5 Å². The van der Waals surface area contributed by atoms with E-state index in [2.05, 4.69) is 5.32 Å². The molecule has 1 aliphatic carbocycles. The molecule has 1 N–H and O–H groups in total. The van der Waals surface area contributed by atoms with Gasteiger partial charge in [0.15, 0.2) is 0 Å². The summed E-state index contributed by atoms with van der Waals surface area (Å²) in [5, 5.41) is 3.72. The molecule has 202 valence electrons. The fourth-order valence-electron chi connectivity index (χ4n) is 4.13. The number of halogens is 3. The zero-order valence-electron chi connectivity index (χ0n) is 21.0. The Morgan fingerprint density at radius 1 is 1.08 bits per heavy atom. The summed E-state index contributed by atoms with van der Waals surface area (Å²) in [6, 6.07) is 8.71. The van der Waals surface area contributed by atoms with Gasteiger partial charge in [-0.25, -0.2) is 8.70 Å². The Morgan fingerprint density at radius 3 is 2.27 bits per heavy atom. The summed E-state index contributed by atoms with van der Waals surface area (Å²) in [5.41, 5.74) is 0.653. The van der Waals surface area contributed by atoms with Crippen molar-refractivity contribution in [2.45, 2.75) is 51.2 Å². The molecular weight excluding hydrogens is 542 g/mol. The zero-order valence-corrected chi connectivity index (χ0v) is 23.3. The van der Waals surface area contributed by atoms with Gasteiger partial charge in [0.1, 0.15) is 18.4 Å². The first-order chi connectivity index (χ1) is 17.4. The Hall–Kier alpha value is -2.40. The lowest BCUT2D eigenvalue weighted by Gasteiger charge is -2.33. The molecule has 2 amide bonds. The zero-order chi connectivity index (χ0) is 27.3. The monoisotopic (exact) mass is 572 g/mol. The number of rotatable bonds is 10. The Morgan fingerprint density at radius 2 is 1.70 bits per heavy atom. The molecule has 1 fully saturated rings. The van der Waals surface area contributed by atoms with Crippen LogP contribution in [0, 0.1) is 5.82 Å². The molecule has 1 saturated carbocycles. The van der Waals surface area contributed by atoms with Gasteiger partial charge in [-0.15, -0.1) is 0 Å². The number of hydrogen-bond acceptors (Lipinski definition) is 4. The van der Waals surface area contributed by atoms with Crippen molar-refractivity contribution in [3.63, 3.8) is 0 Å². The highest BCUT2D eigenvalue weighted by atomic mass is 35.5. The van der Waals surface area contributed by atoms with Gasteiger partial charge < -0.3 is 10.2 Å². The summed E-state index contributed by atoms with van der Waals surface area (Å²) < 4.78 is 41.6. The number of nitrogens with one attached hydrogen (secondary N) is 1. The van der Waals surface area contributed by atoms with Crippen LogP contribution in [-0.2, 0) is 26.3 Å². The van der Waals surface area contributed by atoms with Gasteiger partial charge in [-0.2, -0.15) is 12.7 Å². The van der Waals surface area contributed by atoms with Gasteiger partial charge in [-0.1, -0.05) is 42.1 Å². The summed E-state index contributed by atoms with van der Waals surface area (Å²) in [6.45, 7) is 0.931. The molecule has 1 aliphatic rings. The van der Waals surface area contributed by atoms with E-state index in [1.165, 1.54) is 37.2 Å². The van der Waals surface area contributed by atoms with E-state index in [0.29, 0.717) is 15.6 Å². The van der Waals surface area contributed by atoms with Crippen LogP contribution in [0.2, 0.25) is 10.0 Å². The number of carbonyl (C=O) groups excluding carboxylic acids is 2. The Labute approximate surface area is 227 Å². The van der Waals surface area contributed by atoms with Crippen molar-refractivity contribution >= 4 is 50.9 Å². The topological polar surface area (TPSA) is 90.0 Å². The van der Waals surface area contributed by atoms with Crippen LogP contribution in [0.1, 0.15) is 38.2 Å². The summed E-state index contributed by atoms with van der Waals surface area (Å²) in [7, 11) is -1.47. The minimum atomic E-state index is -4.13. The molecule has 1 atom stereocenters. The first-order valence-corrected chi connectivity index (χ1v) is 14.0. The second-order valence-electron chi connectivity index (χ2n) is 9.20. The molecule has 0 radical (unpaired) electrons. The van der Waals surface area contributed by atoms with E-state index >= 15 is 0 Å². The summed E-state index contributed by atoms with van der Waals surface area (Å²) in [4.78, 5) is 28.1. The van der Waals surface area contributed by atoms with Crippen LogP contribution in [0.3, 0.4) is 0 Å². The minimum Gasteiger partial charge on any atom is -0.352 e. The lowest BCUT2D eigenvalue weighted by atomic mass is 10.1. The predicted molar refractivity (Wildman–Crippen MR) is 143 cm³/mol. The van der Waals surface area contributed by atoms with Crippen molar-refractivity contribution in [2.24, 2.45) is 0 Å². The molecule has 2 aromatic rings. The molecular formula is C25H31Cl2FN4O4S. The Kier molecular flexibility index (Phi) is 9.80. The molecule has 37 heavy (non-hydrogen) atoms. The first kappa shape index (κ1) is 29.2. The maximum atomic E-state index is 13.7. The number of amides is 2. The molecule has 0 spiro atoms. The third-order valence-electron chi connectivity index (χ3n) is 6.36. The standard InChI is InChI=1S/C25H31Cl2FN4O4S/c1-17(25(34)29-21-6-4-5-7-21)31(15-18-8-9-19(26)14-23(18)27)24(33)16-32(37(35,36)30(2)3)22-12-10-20(28)11-13-22/h8-14,17,21H,4-7,15-16H2,1-3H3,(H,29,34)/t17-/m1/s1. The molecule has 12 heteroatoms. The quantitative estimate of drug-likeness (QED) is 0.461. The van der Waals surface area contributed by atoms with Gasteiger partial charge in [0, 0.05) is 36.7 Å². The van der Waals surface area contributed by atoms with Gasteiger partial charge >= 0.3 is 10.2 Å². The predicted octanol–water partition coefficient (Wildman–Crippen LogP) is 4.22. The molecule has 3 rings (SSSR count).